The van der Waals surface area contributed by atoms with Crippen molar-refractivity contribution in [2.75, 3.05) is 51.1 Å². The number of hydrogen-bond donors (Lipinski definition) is 1. The van der Waals surface area contributed by atoms with E-state index in [1.165, 1.54) is 31.0 Å². The summed E-state index contributed by atoms with van der Waals surface area (Å²) in [4.78, 5) is 40.6. The van der Waals surface area contributed by atoms with Crippen molar-refractivity contribution in [1.82, 2.24) is 24.7 Å². The van der Waals surface area contributed by atoms with Crippen LogP contribution in [0.1, 0.15) is 46.4 Å². The lowest BCUT2D eigenvalue weighted by molar-refractivity contribution is 0.102. The average Bonchev–Trinajstić information content (AvgIpc) is 2.99. The number of amides is 2. The van der Waals surface area contributed by atoms with Gasteiger partial charge in [-0.2, -0.15) is 0 Å². The van der Waals surface area contributed by atoms with Crippen molar-refractivity contribution >= 4 is 17.8 Å². The summed E-state index contributed by atoms with van der Waals surface area (Å²) < 4.78 is 5.53. The minimum Gasteiger partial charge on any atom is -0.409 e. The fourth-order valence-electron chi connectivity index (χ4n) is 5.08. The molecule has 40 heavy (non-hydrogen) atoms. The van der Waals surface area contributed by atoms with Gasteiger partial charge in [-0.15, -0.1) is 0 Å². The minimum absolute atomic E-state index is 0.224. The zero-order chi connectivity index (χ0) is 27.7. The molecule has 4 heterocycles. The molecular weight excluding hydrogens is 504 g/mol. The van der Waals surface area contributed by atoms with Crippen LogP contribution in [0.15, 0.2) is 60.9 Å². The van der Waals surface area contributed by atoms with E-state index in [-0.39, 0.29) is 12.0 Å². The Balaban J connectivity index is 1.04. The number of nitrogens with zero attached hydrogens (tertiary/aromatic N) is 5. The lowest BCUT2D eigenvalue weighted by atomic mass is 10.1. The number of hydrogen-bond acceptors (Lipinski definition) is 7. The van der Waals surface area contributed by atoms with Crippen molar-refractivity contribution in [2.24, 2.45) is 0 Å². The third-order valence-corrected chi connectivity index (χ3v) is 7.54. The van der Waals surface area contributed by atoms with Crippen LogP contribution >= 0.6 is 0 Å². The van der Waals surface area contributed by atoms with Crippen LogP contribution in [0, 0.1) is 6.92 Å². The van der Waals surface area contributed by atoms with Crippen molar-refractivity contribution in [3.8, 4) is 5.75 Å². The molecule has 0 unspecified atom stereocenters. The fraction of sp³-hybridized carbons (Fsp3) is 0.419. The molecule has 2 aliphatic rings. The van der Waals surface area contributed by atoms with Crippen molar-refractivity contribution in [1.29, 1.82) is 0 Å². The number of rotatable bonds is 8. The van der Waals surface area contributed by atoms with Crippen LogP contribution in [-0.2, 0) is 13.0 Å². The van der Waals surface area contributed by atoms with Gasteiger partial charge in [0.2, 0.25) is 0 Å². The maximum atomic E-state index is 12.7. The highest BCUT2D eigenvalue weighted by molar-refractivity contribution is 6.03. The number of benzene rings is 1. The summed E-state index contributed by atoms with van der Waals surface area (Å²) in [7, 11) is 0. The maximum absolute atomic E-state index is 12.7. The molecule has 9 nitrogen and oxygen atoms in total. The molecule has 3 aromatic rings. The molecule has 0 atom stereocenters. The molecule has 2 amide bonds. The predicted octanol–water partition coefficient (Wildman–Crippen LogP) is 4.38. The monoisotopic (exact) mass is 542 g/mol. The van der Waals surface area contributed by atoms with Gasteiger partial charge in [-0.05, 0) is 74.3 Å². The second-order valence-corrected chi connectivity index (χ2v) is 10.6. The average molecular weight is 543 g/mol. The number of carbonyl (C=O) groups is 2. The summed E-state index contributed by atoms with van der Waals surface area (Å²) in [6.07, 6.45) is 7.70. The van der Waals surface area contributed by atoms with E-state index in [1.54, 1.807) is 17.0 Å². The number of likely N-dealkylation sites (tertiary alicyclic amines) is 1. The summed E-state index contributed by atoms with van der Waals surface area (Å²) >= 11 is 0. The fourth-order valence-corrected chi connectivity index (χ4v) is 5.08. The number of aromatic nitrogens is 2. The van der Waals surface area contributed by atoms with Gasteiger partial charge in [0.05, 0.1) is 6.20 Å². The van der Waals surface area contributed by atoms with Crippen LogP contribution in [0.3, 0.4) is 0 Å². The SMILES string of the molecule is Cc1ccc(CCN2CCN(C(=O)Oc3ccc(NC(=O)c4ccc(CN5CCCCC5)cc4)nc3)CC2)nc1. The van der Waals surface area contributed by atoms with Gasteiger partial charge in [-0.1, -0.05) is 24.6 Å². The van der Waals surface area contributed by atoms with Crippen LogP contribution < -0.4 is 10.1 Å². The van der Waals surface area contributed by atoms with Crippen LogP contribution in [-0.4, -0.2) is 82.5 Å². The number of carbonyl (C=O) groups excluding carboxylic acids is 2. The Morgan fingerprint density at radius 3 is 2.27 bits per heavy atom. The molecule has 0 bridgehead atoms. The number of pyridine rings is 2. The zero-order valence-corrected chi connectivity index (χ0v) is 23.2. The first-order valence-corrected chi connectivity index (χ1v) is 14.2. The van der Waals surface area contributed by atoms with E-state index < -0.39 is 0 Å². The molecule has 210 valence electrons. The lowest BCUT2D eigenvalue weighted by Gasteiger charge is -2.33. The molecule has 2 aromatic heterocycles. The molecule has 0 spiro atoms. The first-order chi connectivity index (χ1) is 19.5. The van der Waals surface area contributed by atoms with Crippen LogP contribution in [0.25, 0.3) is 0 Å². The normalized spacial score (nSPS) is 16.5. The van der Waals surface area contributed by atoms with Gasteiger partial charge < -0.3 is 15.0 Å². The summed E-state index contributed by atoms with van der Waals surface area (Å²) in [6.45, 7) is 8.97. The second kappa shape index (κ2) is 13.5. The van der Waals surface area contributed by atoms with Crippen molar-refractivity contribution in [2.45, 2.75) is 39.2 Å². The van der Waals surface area contributed by atoms with E-state index in [4.69, 9.17) is 4.74 Å². The maximum Gasteiger partial charge on any atom is 0.415 e. The number of piperidine rings is 1. The van der Waals surface area contributed by atoms with E-state index in [1.807, 2.05) is 37.4 Å². The third kappa shape index (κ3) is 7.86. The number of piperazine rings is 1. The summed E-state index contributed by atoms with van der Waals surface area (Å²) in [5, 5.41) is 2.81. The lowest BCUT2D eigenvalue weighted by Crippen LogP contribution is -2.49. The van der Waals surface area contributed by atoms with Gasteiger partial charge >= 0.3 is 6.09 Å². The summed E-state index contributed by atoms with van der Waals surface area (Å²) in [5.74, 6) is 0.523. The van der Waals surface area contributed by atoms with E-state index >= 15 is 0 Å². The topological polar surface area (TPSA) is 90.9 Å². The smallest absolute Gasteiger partial charge is 0.409 e. The van der Waals surface area contributed by atoms with E-state index in [2.05, 4.69) is 37.2 Å². The first-order valence-electron chi connectivity index (χ1n) is 14.2. The largest absolute Gasteiger partial charge is 0.415 e. The Hall–Kier alpha value is -3.82. The van der Waals surface area contributed by atoms with Gasteiger partial charge in [0, 0.05) is 63.1 Å². The highest BCUT2D eigenvalue weighted by Gasteiger charge is 2.22. The van der Waals surface area contributed by atoms with Crippen LogP contribution in [0.2, 0.25) is 0 Å². The van der Waals surface area contributed by atoms with Crippen LogP contribution in [0.4, 0.5) is 10.6 Å². The Kier molecular flexibility index (Phi) is 9.36. The molecule has 1 N–H and O–H groups in total. The van der Waals surface area contributed by atoms with Crippen molar-refractivity contribution in [3.05, 3.63) is 83.3 Å². The van der Waals surface area contributed by atoms with Crippen molar-refractivity contribution in [3.63, 3.8) is 0 Å². The predicted molar refractivity (Wildman–Crippen MR) is 154 cm³/mol. The molecule has 0 radical (unpaired) electrons. The molecule has 2 fully saturated rings. The van der Waals surface area contributed by atoms with Gasteiger partial charge in [0.1, 0.15) is 5.82 Å². The van der Waals surface area contributed by atoms with Gasteiger partial charge in [-0.25, -0.2) is 9.78 Å². The quantitative estimate of drug-likeness (QED) is 0.452. The Bertz CT molecular complexity index is 1250. The molecule has 1 aromatic carbocycles. The van der Waals surface area contributed by atoms with E-state index in [9.17, 15) is 9.59 Å². The minimum atomic E-state index is -0.386. The summed E-state index contributed by atoms with van der Waals surface area (Å²) in [5.41, 5.74) is 4.04. The zero-order valence-electron chi connectivity index (χ0n) is 23.2. The Morgan fingerprint density at radius 1 is 0.825 bits per heavy atom. The number of nitrogens with one attached hydrogen (secondary N) is 1. The molecular formula is C31H38N6O3. The number of ether oxygens (including phenoxy) is 1. The van der Waals surface area contributed by atoms with E-state index in [0.717, 1.165) is 56.9 Å². The van der Waals surface area contributed by atoms with E-state index in [0.29, 0.717) is 30.2 Å². The van der Waals surface area contributed by atoms with Crippen LogP contribution in [0.5, 0.6) is 5.75 Å². The van der Waals surface area contributed by atoms with Gasteiger partial charge in [-0.3, -0.25) is 19.6 Å². The molecule has 5 rings (SSSR count). The van der Waals surface area contributed by atoms with Gasteiger partial charge in [0.15, 0.2) is 5.75 Å². The molecule has 2 saturated heterocycles. The molecule has 0 aliphatic carbocycles. The number of anilines is 1. The highest BCUT2D eigenvalue weighted by atomic mass is 16.6. The molecule has 0 saturated carbocycles. The molecule has 9 heteroatoms. The standard InChI is InChI=1S/C31H38N6O3/c1-24-5-10-27(32-21-24)13-16-35-17-19-37(20-18-35)31(39)40-28-11-12-29(33-22-28)34-30(38)26-8-6-25(7-9-26)23-36-14-3-2-4-15-36/h5-12,21-22H,2-4,13-20,23H2,1H3,(H,33,34,38). The summed E-state index contributed by atoms with van der Waals surface area (Å²) in [6, 6.07) is 15.2. The van der Waals surface area contributed by atoms with Gasteiger partial charge in [0.25, 0.3) is 5.91 Å². The van der Waals surface area contributed by atoms with Crippen molar-refractivity contribution < 1.29 is 14.3 Å². The number of aryl methyl sites for hydroxylation is 1. The first kappa shape index (κ1) is 27.7. The Morgan fingerprint density at radius 2 is 1.60 bits per heavy atom. The third-order valence-electron chi connectivity index (χ3n) is 7.54. The highest BCUT2D eigenvalue weighted by Crippen LogP contribution is 2.17. The molecule has 2 aliphatic heterocycles. The Labute approximate surface area is 236 Å². The second-order valence-electron chi connectivity index (χ2n) is 10.6.